The maximum absolute atomic E-state index is 12.0. The number of aliphatic hydroxyl groups excluding tert-OH is 1. The van der Waals surface area contributed by atoms with Crippen LogP contribution in [-0.4, -0.2) is 40.9 Å². The zero-order valence-electron chi connectivity index (χ0n) is 10.7. The van der Waals surface area contributed by atoms with Gasteiger partial charge in [0.25, 0.3) is 0 Å². The van der Waals surface area contributed by atoms with E-state index in [4.69, 9.17) is 11.6 Å². The van der Waals surface area contributed by atoms with Crippen molar-refractivity contribution in [2.45, 2.75) is 24.7 Å². The first-order chi connectivity index (χ1) is 9.15. The predicted molar refractivity (Wildman–Crippen MR) is 79.4 cm³/mol. The van der Waals surface area contributed by atoms with E-state index in [1.54, 1.807) is 11.8 Å². The second-order valence-electron chi connectivity index (χ2n) is 4.73. The number of benzene rings is 1. The Balaban J connectivity index is 1.72. The molecule has 1 aliphatic heterocycles. The molecule has 0 aromatic heterocycles. The molecule has 0 atom stereocenters. The molecule has 1 aliphatic rings. The Labute approximate surface area is 122 Å². The molecule has 1 aromatic rings. The van der Waals surface area contributed by atoms with Gasteiger partial charge in [0.2, 0.25) is 5.91 Å². The molecule has 0 saturated carbocycles. The smallest absolute Gasteiger partial charge is 0.232 e. The zero-order valence-corrected chi connectivity index (χ0v) is 12.3. The van der Waals surface area contributed by atoms with Crippen molar-refractivity contribution in [1.82, 2.24) is 4.90 Å². The lowest BCUT2D eigenvalue weighted by Crippen LogP contribution is -2.40. The predicted octanol–water partition coefficient (Wildman–Crippen LogP) is 2.56. The Hall–Kier alpha value is -0.710. The van der Waals surface area contributed by atoms with Crippen molar-refractivity contribution in [3.05, 3.63) is 34.9 Å². The van der Waals surface area contributed by atoms with E-state index in [-0.39, 0.29) is 12.0 Å². The van der Waals surface area contributed by atoms with Crippen LogP contribution in [-0.2, 0) is 10.5 Å². The van der Waals surface area contributed by atoms with Crippen LogP contribution < -0.4 is 0 Å². The molecule has 1 fully saturated rings. The molecule has 0 spiro atoms. The normalized spacial score (nSPS) is 16.6. The molecule has 2 rings (SSSR count). The number of likely N-dealkylation sites (tertiary alicyclic amines) is 1. The number of hydrogen-bond donors (Lipinski definition) is 1. The van der Waals surface area contributed by atoms with E-state index in [0.717, 1.165) is 16.3 Å². The first-order valence-electron chi connectivity index (χ1n) is 6.43. The second-order valence-corrected chi connectivity index (χ2v) is 6.16. The van der Waals surface area contributed by atoms with Gasteiger partial charge in [0.05, 0.1) is 11.9 Å². The van der Waals surface area contributed by atoms with Crippen molar-refractivity contribution >= 4 is 29.3 Å². The summed E-state index contributed by atoms with van der Waals surface area (Å²) in [5.41, 5.74) is 1.14. The van der Waals surface area contributed by atoms with E-state index in [1.165, 1.54) is 0 Å². The molecule has 19 heavy (non-hydrogen) atoms. The summed E-state index contributed by atoms with van der Waals surface area (Å²) < 4.78 is 0. The van der Waals surface area contributed by atoms with Gasteiger partial charge in [0.1, 0.15) is 0 Å². The Morgan fingerprint density at radius 1 is 1.42 bits per heavy atom. The quantitative estimate of drug-likeness (QED) is 0.929. The first kappa shape index (κ1) is 14.7. The summed E-state index contributed by atoms with van der Waals surface area (Å²) in [5.74, 6) is 1.45. The number of carbonyl (C=O) groups excluding carboxylic acids is 1. The monoisotopic (exact) mass is 299 g/mol. The minimum Gasteiger partial charge on any atom is -0.393 e. The topological polar surface area (TPSA) is 40.5 Å². The Bertz CT molecular complexity index is 433. The summed E-state index contributed by atoms with van der Waals surface area (Å²) in [6, 6.07) is 7.71. The second kappa shape index (κ2) is 7.17. The average molecular weight is 300 g/mol. The van der Waals surface area contributed by atoms with Crippen LogP contribution in [0, 0.1) is 0 Å². The van der Waals surface area contributed by atoms with Crippen molar-refractivity contribution < 1.29 is 9.90 Å². The van der Waals surface area contributed by atoms with Gasteiger partial charge in [0, 0.05) is 23.9 Å². The molecule has 1 amide bonds. The van der Waals surface area contributed by atoms with Crippen molar-refractivity contribution in [3.8, 4) is 0 Å². The van der Waals surface area contributed by atoms with Crippen LogP contribution in [0.5, 0.6) is 0 Å². The largest absolute Gasteiger partial charge is 0.393 e. The fraction of sp³-hybridized carbons (Fsp3) is 0.500. The van der Waals surface area contributed by atoms with Crippen LogP contribution in [0.1, 0.15) is 18.4 Å². The van der Waals surface area contributed by atoms with E-state index < -0.39 is 0 Å². The third-order valence-electron chi connectivity index (χ3n) is 3.20. The molecule has 1 heterocycles. The molecule has 1 saturated heterocycles. The summed E-state index contributed by atoms with van der Waals surface area (Å²) in [5, 5.41) is 10.1. The van der Waals surface area contributed by atoms with Crippen LogP contribution in [0.4, 0.5) is 0 Å². The van der Waals surface area contributed by atoms with Crippen LogP contribution in [0.25, 0.3) is 0 Å². The van der Waals surface area contributed by atoms with E-state index >= 15 is 0 Å². The lowest BCUT2D eigenvalue weighted by atomic mass is 10.1. The molecule has 1 N–H and O–H groups in total. The molecule has 3 nitrogen and oxygen atoms in total. The van der Waals surface area contributed by atoms with Gasteiger partial charge in [-0.15, -0.1) is 11.8 Å². The van der Waals surface area contributed by atoms with E-state index in [9.17, 15) is 9.90 Å². The Kier molecular flexibility index (Phi) is 5.55. The summed E-state index contributed by atoms with van der Waals surface area (Å²) in [4.78, 5) is 13.8. The number of aliphatic hydroxyl groups is 1. The third kappa shape index (κ3) is 4.71. The van der Waals surface area contributed by atoms with E-state index in [2.05, 4.69) is 0 Å². The highest BCUT2D eigenvalue weighted by atomic mass is 35.5. The minimum absolute atomic E-state index is 0.166. The van der Waals surface area contributed by atoms with Gasteiger partial charge < -0.3 is 10.0 Å². The highest BCUT2D eigenvalue weighted by Crippen LogP contribution is 2.18. The molecular weight excluding hydrogens is 282 g/mol. The van der Waals surface area contributed by atoms with Gasteiger partial charge in [-0.2, -0.15) is 0 Å². The van der Waals surface area contributed by atoms with Gasteiger partial charge in [0.15, 0.2) is 0 Å². The van der Waals surface area contributed by atoms with Crippen LogP contribution >= 0.6 is 23.4 Å². The van der Waals surface area contributed by atoms with Gasteiger partial charge in [-0.25, -0.2) is 0 Å². The number of piperidine rings is 1. The Morgan fingerprint density at radius 2 is 2.16 bits per heavy atom. The van der Waals surface area contributed by atoms with Gasteiger partial charge >= 0.3 is 0 Å². The lowest BCUT2D eigenvalue weighted by molar-refractivity contribution is -0.130. The van der Waals surface area contributed by atoms with Crippen molar-refractivity contribution in [2.24, 2.45) is 0 Å². The molecule has 104 valence electrons. The average Bonchev–Trinajstić information content (AvgIpc) is 2.39. The standard InChI is InChI=1S/C14H18ClNO2S/c15-12-3-1-2-11(8-12)9-19-10-14(18)16-6-4-13(17)5-7-16/h1-3,8,13,17H,4-7,9-10H2. The number of thioether (sulfide) groups is 1. The van der Waals surface area contributed by atoms with Crippen molar-refractivity contribution in [3.63, 3.8) is 0 Å². The van der Waals surface area contributed by atoms with Crippen LogP contribution in [0.15, 0.2) is 24.3 Å². The van der Waals surface area contributed by atoms with Gasteiger partial charge in [-0.05, 0) is 30.5 Å². The van der Waals surface area contributed by atoms with Gasteiger partial charge in [-0.1, -0.05) is 23.7 Å². The number of carbonyl (C=O) groups is 1. The molecule has 0 bridgehead atoms. The SMILES string of the molecule is O=C(CSCc1cccc(Cl)c1)N1CCC(O)CC1. The molecule has 0 aliphatic carbocycles. The van der Waals surface area contributed by atoms with Crippen molar-refractivity contribution in [1.29, 1.82) is 0 Å². The van der Waals surface area contributed by atoms with Crippen molar-refractivity contribution in [2.75, 3.05) is 18.8 Å². The first-order valence-corrected chi connectivity index (χ1v) is 7.96. The van der Waals surface area contributed by atoms with Gasteiger partial charge in [-0.3, -0.25) is 4.79 Å². The molecule has 0 radical (unpaired) electrons. The lowest BCUT2D eigenvalue weighted by Gasteiger charge is -2.29. The Morgan fingerprint density at radius 3 is 2.84 bits per heavy atom. The maximum atomic E-state index is 12.0. The fourth-order valence-corrected chi connectivity index (χ4v) is 3.18. The number of rotatable bonds is 4. The molecule has 1 aromatic carbocycles. The molecular formula is C14H18ClNO2S. The summed E-state index contributed by atoms with van der Waals surface area (Å²) in [6.45, 7) is 1.36. The summed E-state index contributed by atoms with van der Waals surface area (Å²) in [6.07, 6.45) is 1.17. The number of hydrogen-bond acceptors (Lipinski definition) is 3. The highest BCUT2D eigenvalue weighted by Gasteiger charge is 2.20. The third-order valence-corrected chi connectivity index (χ3v) is 4.42. The van der Waals surface area contributed by atoms with Crippen LogP contribution in [0.3, 0.4) is 0 Å². The maximum Gasteiger partial charge on any atom is 0.232 e. The molecule has 0 unspecified atom stereocenters. The number of nitrogens with zero attached hydrogens (tertiary/aromatic N) is 1. The number of amides is 1. The molecule has 5 heteroatoms. The number of halogens is 1. The summed E-state index contributed by atoms with van der Waals surface area (Å²) >= 11 is 7.52. The van der Waals surface area contributed by atoms with Crippen LogP contribution in [0.2, 0.25) is 5.02 Å². The zero-order chi connectivity index (χ0) is 13.7. The van der Waals surface area contributed by atoms with E-state index in [1.807, 2.05) is 29.2 Å². The summed E-state index contributed by atoms with van der Waals surface area (Å²) in [7, 11) is 0. The highest BCUT2D eigenvalue weighted by molar-refractivity contribution is 7.99. The minimum atomic E-state index is -0.233. The van der Waals surface area contributed by atoms with E-state index in [0.29, 0.717) is 31.7 Å². The fourth-order valence-electron chi connectivity index (χ4n) is 2.09.